The molecule has 0 bridgehead atoms. The number of halogens is 1. The molecule has 216 valence electrons. The van der Waals surface area contributed by atoms with Crippen molar-refractivity contribution in [2.24, 2.45) is 0 Å². The van der Waals surface area contributed by atoms with E-state index in [2.05, 4.69) is 48.1 Å². The summed E-state index contributed by atoms with van der Waals surface area (Å²) in [5.41, 5.74) is 1.48. The first-order chi connectivity index (χ1) is 16.5. The zero-order chi connectivity index (χ0) is 26.7. The summed E-state index contributed by atoms with van der Waals surface area (Å²) >= 11 is 0. The number of Topliss-reactive ketones (excluding diaryl/α,β-unsaturated/α-hetero) is 1. The van der Waals surface area contributed by atoms with Crippen LogP contribution in [0.4, 0.5) is 0 Å². The van der Waals surface area contributed by atoms with Gasteiger partial charge in [-0.3, -0.25) is 4.79 Å². The molecule has 3 heteroatoms. The first-order valence-corrected chi connectivity index (χ1v) is 15.5. The predicted molar refractivity (Wildman–Crippen MR) is 161 cm³/mol. The van der Waals surface area contributed by atoms with Crippen LogP contribution in [0.15, 0.2) is 12.2 Å². The maximum atomic E-state index is 11.4. The number of allylic oxidation sites excluding steroid dienone is 1. The summed E-state index contributed by atoms with van der Waals surface area (Å²) in [6, 6.07) is 0. The molecular formula is C33H69BrLiO-. The zero-order valence-electron chi connectivity index (χ0n) is 26.8. The van der Waals surface area contributed by atoms with E-state index in [1.54, 1.807) is 0 Å². The third-order valence-corrected chi connectivity index (χ3v) is 5.74. The van der Waals surface area contributed by atoms with Crippen LogP contribution in [0.1, 0.15) is 190 Å². The quantitative estimate of drug-likeness (QED) is 0.0657. The van der Waals surface area contributed by atoms with Gasteiger partial charge < -0.3 is 23.9 Å². The fourth-order valence-corrected chi connectivity index (χ4v) is 3.35. The normalized spacial score (nSPS) is 9.11. The maximum Gasteiger partial charge on any atom is 1.00 e. The molecule has 0 aliphatic heterocycles. The third kappa shape index (κ3) is 59.5. The molecule has 1 nitrogen and oxygen atoms in total. The van der Waals surface area contributed by atoms with E-state index in [0.29, 0.717) is 5.78 Å². The number of carbonyl (C=O) groups excluding carboxylic acids is 1. The molecule has 0 unspecified atom stereocenters. The number of carbonyl (C=O) groups is 1. The van der Waals surface area contributed by atoms with E-state index in [1.807, 2.05) is 13.8 Å². The van der Waals surface area contributed by atoms with Gasteiger partial charge in [-0.15, -0.1) is 0 Å². The summed E-state index contributed by atoms with van der Waals surface area (Å²) in [5.74, 6) is 0.484. The molecule has 0 fully saturated rings. The second-order valence-corrected chi connectivity index (χ2v) is 9.38. The van der Waals surface area contributed by atoms with E-state index in [4.69, 9.17) is 0 Å². The van der Waals surface area contributed by atoms with E-state index >= 15 is 0 Å². The van der Waals surface area contributed by atoms with Crippen LogP contribution in [0.25, 0.3) is 0 Å². The van der Waals surface area contributed by atoms with Gasteiger partial charge in [-0.25, -0.2) is 0 Å². The Morgan fingerprint density at radius 2 is 0.778 bits per heavy atom. The molecule has 0 radical (unpaired) electrons. The van der Waals surface area contributed by atoms with Crippen molar-refractivity contribution < 1.29 is 40.6 Å². The Balaban J connectivity index is -0.0000000979. The topological polar surface area (TPSA) is 17.1 Å². The van der Waals surface area contributed by atoms with Gasteiger partial charge in [0, 0.05) is 12.8 Å². The minimum absolute atomic E-state index is 0. The van der Waals surface area contributed by atoms with Crippen LogP contribution in [0, 0.1) is 6.92 Å². The van der Waals surface area contributed by atoms with Gasteiger partial charge >= 0.3 is 18.9 Å². The first kappa shape index (κ1) is 49.4. The Labute approximate surface area is 254 Å². The maximum absolute atomic E-state index is 11.4. The second-order valence-electron chi connectivity index (χ2n) is 9.38. The smallest absolute Gasteiger partial charge is 1.00 e. The van der Waals surface area contributed by atoms with E-state index in [1.165, 1.54) is 115 Å². The molecule has 0 aromatic carbocycles. The van der Waals surface area contributed by atoms with Crippen molar-refractivity contribution in [2.75, 3.05) is 0 Å². The molecule has 0 aliphatic carbocycles. The van der Waals surface area contributed by atoms with Crippen molar-refractivity contribution in [2.45, 2.75) is 190 Å². The molecule has 0 aromatic heterocycles. The molecule has 0 saturated carbocycles. The van der Waals surface area contributed by atoms with Gasteiger partial charge in [-0.05, 0) is 38.5 Å². The van der Waals surface area contributed by atoms with Crippen LogP contribution >= 0.6 is 0 Å². The molecular weight excluding hydrogens is 499 g/mol. The number of unbranched alkanes of at least 4 members (excludes halogenated alkanes) is 13. The first-order valence-electron chi connectivity index (χ1n) is 15.5. The fraction of sp³-hybridized carbons (Fsp3) is 0.879. The number of hydrogen-bond acceptors (Lipinski definition) is 1. The molecule has 0 saturated heterocycles. The zero-order valence-corrected chi connectivity index (χ0v) is 28.3. The molecule has 0 spiro atoms. The number of ketones is 1. The second kappa shape index (κ2) is 52.0. The summed E-state index contributed by atoms with van der Waals surface area (Å²) in [5, 5.41) is 0. The Morgan fingerprint density at radius 3 is 1.00 bits per heavy atom. The van der Waals surface area contributed by atoms with Crippen molar-refractivity contribution in [1.82, 2.24) is 0 Å². The van der Waals surface area contributed by atoms with Crippen LogP contribution < -0.4 is 35.8 Å². The standard InChI is InChI=1S/C14H28.C13H26O.C4H9.C2H6.BrH.Li/c1-4-6-8-10-12-14(3)13-11-9-7-5-2;1-3-5-7-9-11-13(14)12-10-8-6-4-2;1-3-4-2;1-2;;/h3-13H2,1-2H3;3-12H2,1-2H3;1,3-4H2,2H3;1-2H3;1H;/q;;-1;;;+1/p-1. The minimum Gasteiger partial charge on any atom is -1.00 e. The summed E-state index contributed by atoms with van der Waals surface area (Å²) in [6.07, 6.45) is 27.2. The van der Waals surface area contributed by atoms with Crippen molar-refractivity contribution >= 4 is 5.78 Å². The Bertz CT molecular complexity index is 296. The van der Waals surface area contributed by atoms with Crippen LogP contribution in [0.2, 0.25) is 0 Å². The van der Waals surface area contributed by atoms with Crippen LogP contribution in [0.5, 0.6) is 0 Å². The molecule has 0 aliphatic rings. The predicted octanol–water partition coefficient (Wildman–Crippen LogP) is 6.63. The monoisotopic (exact) mass is 567 g/mol. The minimum atomic E-state index is 0. The molecule has 0 aromatic rings. The van der Waals surface area contributed by atoms with Crippen molar-refractivity contribution in [3.05, 3.63) is 19.1 Å². The summed E-state index contributed by atoms with van der Waals surface area (Å²) in [7, 11) is 0. The van der Waals surface area contributed by atoms with Gasteiger partial charge in [-0.2, -0.15) is 6.42 Å². The summed E-state index contributed by atoms with van der Waals surface area (Å²) in [6.45, 7) is 22.8. The molecule has 0 rings (SSSR count). The third-order valence-electron chi connectivity index (χ3n) is 5.74. The molecule has 0 atom stereocenters. The summed E-state index contributed by atoms with van der Waals surface area (Å²) in [4.78, 5) is 11.4. The van der Waals surface area contributed by atoms with Crippen LogP contribution in [0.3, 0.4) is 0 Å². The molecule has 0 amide bonds. The number of hydrogen-bond donors (Lipinski definition) is 0. The Kier molecular flexibility index (Phi) is 71.4. The largest absolute Gasteiger partial charge is 1.00 e. The van der Waals surface area contributed by atoms with Crippen molar-refractivity contribution in [3.63, 3.8) is 0 Å². The Morgan fingerprint density at radius 1 is 0.528 bits per heavy atom. The van der Waals surface area contributed by atoms with E-state index in [-0.39, 0.29) is 35.8 Å². The Hall–Kier alpha value is 0.487. The summed E-state index contributed by atoms with van der Waals surface area (Å²) < 4.78 is 0. The van der Waals surface area contributed by atoms with E-state index in [0.717, 1.165) is 32.1 Å². The van der Waals surface area contributed by atoms with Gasteiger partial charge in [0.1, 0.15) is 5.78 Å². The SMILES string of the molecule is C=C(CCCCCC)CCCCCC.CC.CCCCCCC(=O)CCCCCC.[Br-].[CH2-]CCC.[Li+]. The van der Waals surface area contributed by atoms with Gasteiger partial charge in [0.05, 0.1) is 0 Å². The average Bonchev–Trinajstić information content (AvgIpc) is 2.87. The van der Waals surface area contributed by atoms with Gasteiger partial charge in [-0.1, -0.05) is 144 Å². The van der Waals surface area contributed by atoms with Gasteiger partial charge in [0.15, 0.2) is 0 Å². The van der Waals surface area contributed by atoms with Gasteiger partial charge in [0.2, 0.25) is 0 Å². The molecule has 36 heavy (non-hydrogen) atoms. The van der Waals surface area contributed by atoms with Gasteiger partial charge in [0.25, 0.3) is 0 Å². The average molecular weight is 569 g/mol. The molecule has 0 N–H and O–H groups in total. The number of rotatable bonds is 21. The van der Waals surface area contributed by atoms with Crippen LogP contribution in [-0.4, -0.2) is 5.78 Å². The van der Waals surface area contributed by atoms with Crippen molar-refractivity contribution in [1.29, 1.82) is 0 Å². The van der Waals surface area contributed by atoms with Crippen LogP contribution in [-0.2, 0) is 4.79 Å². The van der Waals surface area contributed by atoms with E-state index < -0.39 is 0 Å². The molecule has 0 heterocycles. The fourth-order valence-electron chi connectivity index (χ4n) is 3.35. The van der Waals surface area contributed by atoms with Crippen molar-refractivity contribution in [3.8, 4) is 0 Å². The van der Waals surface area contributed by atoms with E-state index in [9.17, 15) is 4.79 Å².